The van der Waals surface area contributed by atoms with Crippen LogP contribution in [0.5, 0.6) is 5.75 Å². The Labute approximate surface area is 211 Å². The van der Waals surface area contributed by atoms with Crippen LogP contribution in [-0.4, -0.2) is 29.6 Å². The van der Waals surface area contributed by atoms with Gasteiger partial charge in [-0.25, -0.2) is 0 Å². The van der Waals surface area contributed by atoms with E-state index in [1.165, 1.54) is 5.56 Å². The minimum atomic E-state index is -0.457. The summed E-state index contributed by atoms with van der Waals surface area (Å²) in [5.41, 5.74) is 3.61. The lowest BCUT2D eigenvalue weighted by molar-refractivity contribution is -0.122. The maximum atomic E-state index is 12.6. The fraction of sp³-hybridized carbons (Fsp3) is 0.333. The van der Waals surface area contributed by atoms with Gasteiger partial charge in [0, 0.05) is 17.8 Å². The lowest BCUT2D eigenvalue weighted by atomic mass is 9.94. The summed E-state index contributed by atoms with van der Waals surface area (Å²) in [5, 5.41) is 16.4. The maximum Gasteiger partial charge on any atom is 0.232 e. The van der Waals surface area contributed by atoms with Crippen molar-refractivity contribution < 1.29 is 19.4 Å². The van der Waals surface area contributed by atoms with Crippen LogP contribution in [0.25, 0.3) is 0 Å². The Hall–Kier alpha value is -3.64. The molecule has 0 aromatic heterocycles. The number of carbonyl (C=O) groups is 2. The highest BCUT2D eigenvalue weighted by Gasteiger charge is 2.32. The van der Waals surface area contributed by atoms with Gasteiger partial charge >= 0.3 is 0 Å². The molecule has 3 N–H and O–H groups in total. The zero-order valence-electron chi connectivity index (χ0n) is 20.2. The molecule has 186 valence electrons. The van der Waals surface area contributed by atoms with Crippen molar-refractivity contribution in [1.82, 2.24) is 0 Å². The Bertz CT molecular complexity index is 1200. The molecule has 6 nitrogen and oxygen atoms in total. The van der Waals surface area contributed by atoms with Crippen LogP contribution in [0.1, 0.15) is 42.7 Å². The molecule has 0 saturated heterocycles. The molecule has 2 aliphatic rings. The van der Waals surface area contributed by atoms with Crippen molar-refractivity contribution in [3.05, 3.63) is 90.0 Å². The molecule has 0 bridgehead atoms. The summed E-state index contributed by atoms with van der Waals surface area (Å²) < 4.78 is 5.74. The minimum Gasteiger partial charge on any atom is -0.491 e. The average Bonchev–Trinajstić information content (AvgIpc) is 3.48. The Kier molecular flexibility index (Phi) is 7.33. The SMILES string of the molecule is O=C(CC1C(=O)Nc2ccccc21)Nc1ccc(C[C@@H]2CC[C@H]([C@H](O)COc3ccccc3)C2)cc1. The second-order valence-electron chi connectivity index (χ2n) is 9.91. The molecule has 1 heterocycles. The van der Waals surface area contributed by atoms with Crippen molar-refractivity contribution in [2.45, 2.75) is 44.1 Å². The van der Waals surface area contributed by atoms with E-state index in [0.717, 1.165) is 48.4 Å². The standard InChI is InChI=1S/C30H32N2O4/c33-28(19-36-24-6-2-1-3-7-24)22-13-10-21(17-22)16-20-11-14-23(15-12-20)31-29(34)18-26-25-8-4-5-9-27(25)32-30(26)35/h1-9,11-12,14-15,21-22,26,28,33H,10,13,16-19H2,(H,31,34)(H,32,35)/t21-,22-,26?,28+/m0/s1. The fourth-order valence-corrected chi connectivity index (χ4v) is 5.42. The van der Waals surface area contributed by atoms with Gasteiger partial charge in [-0.2, -0.15) is 0 Å². The van der Waals surface area contributed by atoms with E-state index in [4.69, 9.17) is 4.74 Å². The molecule has 36 heavy (non-hydrogen) atoms. The van der Waals surface area contributed by atoms with Gasteiger partial charge in [0.25, 0.3) is 0 Å². The van der Waals surface area contributed by atoms with Crippen LogP contribution in [0.2, 0.25) is 0 Å². The summed E-state index contributed by atoms with van der Waals surface area (Å²) in [6.45, 7) is 0.323. The Balaban J connectivity index is 1.08. The lowest BCUT2D eigenvalue weighted by Crippen LogP contribution is -2.25. The first-order valence-corrected chi connectivity index (χ1v) is 12.7. The van der Waals surface area contributed by atoms with Gasteiger partial charge in [-0.05, 0) is 79.0 Å². The first kappa shape index (κ1) is 24.1. The molecule has 0 radical (unpaired) electrons. The van der Waals surface area contributed by atoms with Crippen LogP contribution < -0.4 is 15.4 Å². The summed E-state index contributed by atoms with van der Waals surface area (Å²) in [6, 6.07) is 25.1. The number of aliphatic hydroxyl groups is 1. The molecule has 5 rings (SSSR count). The van der Waals surface area contributed by atoms with E-state index < -0.39 is 12.0 Å². The normalized spacial score (nSPS) is 21.5. The van der Waals surface area contributed by atoms with Gasteiger partial charge in [0.1, 0.15) is 12.4 Å². The number of benzene rings is 3. The summed E-state index contributed by atoms with van der Waals surface area (Å²) >= 11 is 0. The van der Waals surface area contributed by atoms with Crippen LogP contribution >= 0.6 is 0 Å². The number of nitrogens with one attached hydrogen (secondary N) is 2. The van der Waals surface area contributed by atoms with Gasteiger partial charge in [-0.15, -0.1) is 0 Å². The maximum absolute atomic E-state index is 12.6. The number of carbonyl (C=O) groups excluding carboxylic acids is 2. The predicted octanol–water partition coefficient (Wildman–Crippen LogP) is 5.15. The molecular weight excluding hydrogens is 452 g/mol. The molecule has 3 aromatic rings. The monoisotopic (exact) mass is 484 g/mol. The molecule has 2 amide bonds. The highest BCUT2D eigenvalue weighted by Crippen LogP contribution is 2.36. The zero-order valence-corrected chi connectivity index (χ0v) is 20.2. The predicted molar refractivity (Wildman–Crippen MR) is 140 cm³/mol. The highest BCUT2D eigenvalue weighted by molar-refractivity contribution is 6.06. The number of amides is 2. The minimum absolute atomic E-state index is 0.115. The summed E-state index contributed by atoms with van der Waals surface area (Å²) in [6.07, 6.45) is 3.71. The van der Waals surface area contributed by atoms with E-state index >= 15 is 0 Å². The van der Waals surface area contributed by atoms with E-state index in [1.54, 1.807) is 0 Å². The molecule has 0 spiro atoms. The van der Waals surface area contributed by atoms with E-state index in [2.05, 4.69) is 22.8 Å². The lowest BCUT2D eigenvalue weighted by Gasteiger charge is -2.19. The van der Waals surface area contributed by atoms with Crippen LogP contribution in [-0.2, 0) is 16.0 Å². The van der Waals surface area contributed by atoms with Crippen LogP contribution in [0.4, 0.5) is 11.4 Å². The second kappa shape index (κ2) is 11.0. The number of fused-ring (bicyclic) bond motifs is 1. The largest absolute Gasteiger partial charge is 0.491 e. The number of rotatable bonds is 9. The van der Waals surface area contributed by atoms with Crippen molar-refractivity contribution in [3.8, 4) is 5.75 Å². The molecule has 1 saturated carbocycles. The number of hydrogen-bond donors (Lipinski definition) is 3. The van der Waals surface area contributed by atoms with Crippen LogP contribution in [0.3, 0.4) is 0 Å². The number of hydrogen-bond acceptors (Lipinski definition) is 4. The van der Waals surface area contributed by atoms with Gasteiger partial charge in [0.05, 0.1) is 12.0 Å². The number of para-hydroxylation sites is 2. The molecule has 3 aromatic carbocycles. The summed E-state index contributed by atoms with van der Waals surface area (Å²) in [5.74, 6) is 0.815. The van der Waals surface area contributed by atoms with E-state index in [9.17, 15) is 14.7 Å². The smallest absolute Gasteiger partial charge is 0.232 e. The molecule has 1 aliphatic carbocycles. The number of aliphatic hydroxyl groups excluding tert-OH is 1. The van der Waals surface area contributed by atoms with Crippen LogP contribution in [0.15, 0.2) is 78.9 Å². The summed E-state index contributed by atoms with van der Waals surface area (Å²) in [7, 11) is 0. The van der Waals surface area contributed by atoms with Gasteiger partial charge in [0.15, 0.2) is 0 Å². The molecule has 6 heteroatoms. The van der Waals surface area contributed by atoms with E-state index in [1.807, 2.05) is 66.7 Å². The quantitative estimate of drug-likeness (QED) is 0.392. The highest BCUT2D eigenvalue weighted by atomic mass is 16.5. The van der Waals surface area contributed by atoms with Gasteiger partial charge in [0.2, 0.25) is 11.8 Å². The Morgan fingerprint density at radius 1 is 1.00 bits per heavy atom. The average molecular weight is 485 g/mol. The van der Waals surface area contributed by atoms with Gasteiger partial charge in [-0.1, -0.05) is 48.5 Å². The molecule has 4 atom stereocenters. The third kappa shape index (κ3) is 5.77. The summed E-state index contributed by atoms with van der Waals surface area (Å²) in [4.78, 5) is 24.9. The van der Waals surface area contributed by atoms with Crippen molar-refractivity contribution in [2.24, 2.45) is 11.8 Å². The molecule has 1 unspecified atom stereocenters. The fourth-order valence-electron chi connectivity index (χ4n) is 5.42. The second-order valence-corrected chi connectivity index (χ2v) is 9.91. The van der Waals surface area contributed by atoms with Crippen molar-refractivity contribution >= 4 is 23.2 Å². The van der Waals surface area contributed by atoms with Crippen LogP contribution in [0, 0.1) is 11.8 Å². The van der Waals surface area contributed by atoms with E-state index in [-0.39, 0.29) is 24.2 Å². The van der Waals surface area contributed by atoms with Crippen molar-refractivity contribution in [3.63, 3.8) is 0 Å². The number of ether oxygens (including phenoxy) is 1. The Morgan fingerprint density at radius 3 is 2.56 bits per heavy atom. The number of anilines is 2. The van der Waals surface area contributed by atoms with E-state index in [0.29, 0.717) is 12.5 Å². The molecule has 1 aliphatic heterocycles. The van der Waals surface area contributed by atoms with Gasteiger partial charge in [-0.3, -0.25) is 9.59 Å². The van der Waals surface area contributed by atoms with Crippen molar-refractivity contribution in [2.75, 3.05) is 17.2 Å². The third-order valence-corrected chi connectivity index (χ3v) is 7.35. The third-order valence-electron chi connectivity index (χ3n) is 7.35. The first-order valence-electron chi connectivity index (χ1n) is 12.7. The molecule has 1 fully saturated rings. The van der Waals surface area contributed by atoms with Gasteiger partial charge < -0.3 is 20.5 Å². The van der Waals surface area contributed by atoms with Crippen molar-refractivity contribution in [1.29, 1.82) is 0 Å². The first-order chi connectivity index (χ1) is 17.5. The Morgan fingerprint density at radius 2 is 1.75 bits per heavy atom. The molecular formula is C30H32N2O4. The zero-order chi connectivity index (χ0) is 24.9. The topological polar surface area (TPSA) is 87.7 Å².